The van der Waals surface area contributed by atoms with Crippen LogP contribution in [-0.4, -0.2) is 20.3 Å². The lowest BCUT2D eigenvalue weighted by Gasteiger charge is -2.06. The first-order chi connectivity index (χ1) is 9.63. The van der Waals surface area contributed by atoms with Crippen molar-refractivity contribution in [3.63, 3.8) is 0 Å². The van der Waals surface area contributed by atoms with Gasteiger partial charge in [0.05, 0.1) is 6.54 Å². The molecule has 2 heterocycles. The van der Waals surface area contributed by atoms with Crippen LogP contribution in [0.25, 0.3) is 10.9 Å². The molecular formula is C14H13ClN4O. The largest absolute Gasteiger partial charge is 0.364 e. The van der Waals surface area contributed by atoms with E-state index in [0.717, 1.165) is 22.5 Å². The number of benzene rings is 1. The number of nitrogens with two attached hydrogens (primary N) is 1. The number of hydrogen-bond acceptors (Lipinski definition) is 2. The van der Waals surface area contributed by atoms with Gasteiger partial charge in [-0.2, -0.15) is 5.10 Å². The number of carbonyl (C=O) groups is 1. The monoisotopic (exact) mass is 288 g/mol. The van der Waals surface area contributed by atoms with E-state index in [4.69, 9.17) is 17.3 Å². The van der Waals surface area contributed by atoms with E-state index in [-0.39, 0.29) is 5.69 Å². The number of rotatable bonds is 4. The molecule has 0 radical (unpaired) electrons. The first-order valence-corrected chi connectivity index (χ1v) is 6.59. The maximum Gasteiger partial charge on any atom is 0.269 e. The number of halogens is 1. The lowest BCUT2D eigenvalue weighted by molar-refractivity contribution is 0.0994. The number of amides is 1. The zero-order chi connectivity index (χ0) is 14.1. The van der Waals surface area contributed by atoms with Crippen molar-refractivity contribution in [3.05, 3.63) is 53.4 Å². The number of aryl methyl sites for hydroxylation is 2. The van der Waals surface area contributed by atoms with E-state index in [2.05, 4.69) is 9.67 Å². The first-order valence-electron chi connectivity index (χ1n) is 6.21. The Labute approximate surface area is 120 Å². The van der Waals surface area contributed by atoms with Gasteiger partial charge in [0, 0.05) is 34.9 Å². The van der Waals surface area contributed by atoms with E-state index < -0.39 is 5.91 Å². The van der Waals surface area contributed by atoms with E-state index in [1.165, 1.54) is 0 Å². The molecule has 0 bridgehead atoms. The van der Waals surface area contributed by atoms with Crippen molar-refractivity contribution >= 4 is 28.4 Å². The van der Waals surface area contributed by atoms with Crippen molar-refractivity contribution < 1.29 is 4.79 Å². The second-order valence-corrected chi connectivity index (χ2v) is 4.98. The van der Waals surface area contributed by atoms with Gasteiger partial charge < -0.3 is 10.3 Å². The van der Waals surface area contributed by atoms with Crippen LogP contribution in [0.4, 0.5) is 0 Å². The Kier molecular flexibility index (Phi) is 3.20. The van der Waals surface area contributed by atoms with E-state index in [0.29, 0.717) is 6.54 Å². The summed E-state index contributed by atoms with van der Waals surface area (Å²) in [5.41, 5.74) is 6.58. The number of nitrogens with zero attached hydrogens (tertiary/aromatic N) is 3. The molecule has 0 aliphatic heterocycles. The van der Waals surface area contributed by atoms with Gasteiger partial charge in [-0.3, -0.25) is 9.48 Å². The molecule has 1 amide bonds. The zero-order valence-electron chi connectivity index (χ0n) is 10.7. The molecule has 6 heteroatoms. The molecule has 0 unspecified atom stereocenters. The number of fused-ring (bicyclic) bond motifs is 1. The highest BCUT2D eigenvalue weighted by Gasteiger charge is 2.05. The van der Waals surface area contributed by atoms with Crippen molar-refractivity contribution in [2.45, 2.75) is 13.1 Å². The van der Waals surface area contributed by atoms with Crippen molar-refractivity contribution in [3.8, 4) is 0 Å². The third-order valence-electron chi connectivity index (χ3n) is 3.20. The summed E-state index contributed by atoms with van der Waals surface area (Å²) in [7, 11) is 0. The molecule has 3 rings (SSSR count). The smallest absolute Gasteiger partial charge is 0.269 e. The average Bonchev–Trinajstić information content (AvgIpc) is 3.02. The van der Waals surface area contributed by atoms with Gasteiger partial charge >= 0.3 is 0 Å². The highest BCUT2D eigenvalue weighted by Crippen LogP contribution is 2.20. The molecule has 0 atom stereocenters. The minimum Gasteiger partial charge on any atom is -0.364 e. The summed E-state index contributed by atoms with van der Waals surface area (Å²) in [6, 6.07) is 9.45. The Morgan fingerprint density at radius 3 is 2.80 bits per heavy atom. The van der Waals surface area contributed by atoms with Gasteiger partial charge in [-0.15, -0.1) is 0 Å². The van der Waals surface area contributed by atoms with Gasteiger partial charge in [0.15, 0.2) is 0 Å². The van der Waals surface area contributed by atoms with Crippen LogP contribution in [0, 0.1) is 0 Å². The molecule has 102 valence electrons. The van der Waals surface area contributed by atoms with Crippen LogP contribution in [-0.2, 0) is 13.1 Å². The van der Waals surface area contributed by atoms with E-state index in [1.54, 1.807) is 16.9 Å². The summed E-state index contributed by atoms with van der Waals surface area (Å²) in [5.74, 6) is -0.509. The van der Waals surface area contributed by atoms with Crippen LogP contribution in [0.1, 0.15) is 10.5 Å². The second kappa shape index (κ2) is 5.02. The molecule has 3 aromatic rings. The minimum atomic E-state index is -0.509. The fraction of sp³-hybridized carbons (Fsp3) is 0.143. The number of hydrogen-bond donors (Lipinski definition) is 1. The molecule has 2 N–H and O–H groups in total. The summed E-state index contributed by atoms with van der Waals surface area (Å²) in [6.07, 6.45) is 3.77. The summed E-state index contributed by atoms with van der Waals surface area (Å²) in [4.78, 5) is 11.0. The molecule has 5 nitrogen and oxygen atoms in total. The SMILES string of the molecule is NC(=O)c1ccn(CCn2ccc3cc(Cl)ccc32)n1. The van der Waals surface area contributed by atoms with Gasteiger partial charge in [0.25, 0.3) is 5.91 Å². The Morgan fingerprint density at radius 2 is 2.05 bits per heavy atom. The maximum atomic E-state index is 11.0. The lowest BCUT2D eigenvalue weighted by atomic mass is 10.2. The zero-order valence-corrected chi connectivity index (χ0v) is 11.4. The number of primary amides is 1. The summed E-state index contributed by atoms with van der Waals surface area (Å²) in [6.45, 7) is 1.42. The van der Waals surface area contributed by atoms with Gasteiger partial charge in [-0.25, -0.2) is 0 Å². The third kappa shape index (κ3) is 2.40. The molecule has 1 aromatic carbocycles. The number of carbonyl (C=O) groups excluding carboxylic acids is 1. The van der Waals surface area contributed by atoms with Crippen LogP contribution < -0.4 is 5.73 Å². The Morgan fingerprint density at radius 1 is 1.20 bits per heavy atom. The molecule has 20 heavy (non-hydrogen) atoms. The normalized spacial score (nSPS) is 11.1. The van der Waals surface area contributed by atoms with E-state index in [9.17, 15) is 4.79 Å². The fourth-order valence-electron chi connectivity index (χ4n) is 2.19. The summed E-state index contributed by atoms with van der Waals surface area (Å²) in [5, 5.41) is 5.95. The Balaban J connectivity index is 1.77. The molecule has 0 saturated heterocycles. The number of aromatic nitrogens is 3. The van der Waals surface area contributed by atoms with Crippen LogP contribution in [0.3, 0.4) is 0 Å². The highest BCUT2D eigenvalue weighted by atomic mass is 35.5. The molecule has 0 aliphatic carbocycles. The summed E-state index contributed by atoms with van der Waals surface area (Å²) >= 11 is 5.97. The van der Waals surface area contributed by atoms with Gasteiger partial charge in [0.2, 0.25) is 0 Å². The van der Waals surface area contributed by atoms with E-state index in [1.807, 2.05) is 30.5 Å². The standard InChI is InChI=1S/C14H13ClN4O/c15-11-1-2-13-10(9-11)3-5-18(13)7-8-19-6-4-12(17-19)14(16)20/h1-6,9H,7-8H2,(H2,16,20). The Hall–Kier alpha value is -2.27. The fourth-order valence-corrected chi connectivity index (χ4v) is 2.37. The predicted octanol–water partition coefficient (Wildman–Crippen LogP) is 2.29. The molecule has 0 saturated carbocycles. The van der Waals surface area contributed by atoms with Crippen LogP contribution >= 0.6 is 11.6 Å². The Bertz CT molecular complexity index is 774. The first kappa shape index (κ1) is 12.7. The maximum absolute atomic E-state index is 11.0. The van der Waals surface area contributed by atoms with Crippen molar-refractivity contribution in [2.75, 3.05) is 0 Å². The van der Waals surface area contributed by atoms with Crippen LogP contribution in [0.2, 0.25) is 5.02 Å². The quantitative estimate of drug-likeness (QED) is 0.800. The minimum absolute atomic E-state index is 0.286. The van der Waals surface area contributed by atoms with E-state index >= 15 is 0 Å². The second-order valence-electron chi connectivity index (χ2n) is 4.54. The highest BCUT2D eigenvalue weighted by molar-refractivity contribution is 6.31. The molecular weight excluding hydrogens is 276 g/mol. The van der Waals surface area contributed by atoms with Crippen LogP contribution in [0.15, 0.2) is 42.7 Å². The molecule has 0 fully saturated rings. The molecule has 0 spiro atoms. The van der Waals surface area contributed by atoms with Crippen molar-refractivity contribution in [1.29, 1.82) is 0 Å². The van der Waals surface area contributed by atoms with Gasteiger partial charge in [-0.1, -0.05) is 11.6 Å². The lowest BCUT2D eigenvalue weighted by Crippen LogP contribution is -2.13. The van der Waals surface area contributed by atoms with Crippen LogP contribution in [0.5, 0.6) is 0 Å². The average molecular weight is 289 g/mol. The summed E-state index contributed by atoms with van der Waals surface area (Å²) < 4.78 is 3.83. The van der Waals surface area contributed by atoms with Crippen molar-refractivity contribution in [2.24, 2.45) is 5.73 Å². The third-order valence-corrected chi connectivity index (χ3v) is 3.43. The van der Waals surface area contributed by atoms with Gasteiger partial charge in [0.1, 0.15) is 5.69 Å². The van der Waals surface area contributed by atoms with Gasteiger partial charge in [-0.05, 0) is 30.3 Å². The van der Waals surface area contributed by atoms with Crippen molar-refractivity contribution in [1.82, 2.24) is 14.3 Å². The predicted molar refractivity (Wildman–Crippen MR) is 77.7 cm³/mol. The molecule has 2 aromatic heterocycles. The molecule has 0 aliphatic rings. The topological polar surface area (TPSA) is 65.8 Å².